The maximum Gasteiger partial charge on any atom is 1.00 e. The molecule has 2 aliphatic carbocycles. The number of ether oxygens (including phenoxy) is 2. The Morgan fingerprint density at radius 3 is 2.35 bits per heavy atom. The number of nitriles is 1. The van der Waals surface area contributed by atoms with Gasteiger partial charge < -0.3 is 24.5 Å². The largest absolute Gasteiger partial charge is 1.00 e. The quantitative estimate of drug-likeness (QED) is 0.384. The molecule has 206 valence electrons. The second-order valence-corrected chi connectivity index (χ2v) is 11.1. The van der Waals surface area contributed by atoms with Crippen molar-refractivity contribution in [2.75, 3.05) is 13.7 Å². The van der Waals surface area contributed by atoms with E-state index in [1.165, 1.54) is 0 Å². The molecule has 1 aromatic heterocycles. The number of nitrogens with one attached hydrogen (secondary N) is 1. The Morgan fingerprint density at radius 2 is 1.73 bits per heavy atom. The van der Waals surface area contributed by atoms with Crippen LogP contribution in [0, 0.1) is 17.2 Å². The van der Waals surface area contributed by atoms with Gasteiger partial charge in [0.25, 0.3) is 0 Å². The first-order valence-electron chi connectivity index (χ1n) is 13.3. The molecule has 3 aromatic rings. The predicted octanol–water partition coefficient (Wildman–Crippen LogP) is 4.27. The van der Waals surface area contributed by atoms with E-state index in [0.29, 0.717) is 42.4 Å². The summed E-state index contributed by atoms with van der Waals surface area (Å²) in [6.07, 6.45) is -0.0601. The fourth-order valence-corrected chi connectivity index (χ4v) is 4.83. The van der Waals surface area contributed by atoms with Crippen LogP contribution in [-0.4, -0.2) is 36.6 Å². The third kappa shape index (κ3) is 6.66. The Hall–Kier alpha value is -2.16. The standard InChI is InChI=1S/C30H32F2N3O4.K/c1-19(2)17-38-23-7-6-21(15-25(23)37-3)20-4-5-22-16-26(39-24(22)14-20)34-29(10-12-30(31,32)13-11-29)27(36)35-28(18-33)8-9-28;/h4-7,14-16,19H,8-13,17H2,1-3H3,(H,35,36);/q-1;+1. The van der Waals surface area contributed by atoms with Crippen LogP contribution in [0.5, 0.6) is 11.5 Å². The third-order valence-electron chi connectivity index (χ3n) is 7.45. The first kappa shape index (κ1) is 30.8. The van der Waals surface area contributed by atoms with Gasteiger partial charge in [-0.25, -0.2) is 8.78 Å². The van der Waals surface area contributed by atoms with E-state index in [0.717, 1.165) is 16.5 Å². The number of fused-ring (bicyclic) bond motifs is 1. The number of methoxy groups -OCH3 is 1. The van der Waals surface area contributed by atoms with Crippen molar-refractivity contribution in [3.63, 3.8) is 0 Å². The second-order valence-electron chi connectivity index (χ2n) is 11.1. The number of nitrogens with zero attached hydrogens (tertiary/aromatic N) is 2. The van der Waals surface area contributed by atoms with Crippen molar-refractivity contribution < 1.29 is 78.9 Å². The van der Waals surface area contributed by atoms with Gasteiger partial charge in [0, 0.05) is 24.1 Å². The molecular weight excluding hydrogens is 543 g/mol. The number of furan rings is 1. The summed E-state index contributed by atoms with van der Waals surface area (Å²) in [4.78, 5) is 13.3. The average molecular weight is 576 g/mol. The molecule has 0 atom stereocenters. The zero-order valence-electron chi connectivity index (χ0n) is 23.4. The van der Waals surface area contributed by atoms with Crippen LogP contribution in [0.25, 0.3) is 27.4 Å². The summed E-state index contributed by atoms with van der Waals surface area (Å²) in [5.74, 6) is -1.47. The van der Waals surface area contributed by atoms with Crippen molar-refractivity contribution >= 4 is 22.8 Å². The molecule has 0 radical (unpaired) electrons. The van der Waals surface area contributed by atoms with Crippen LogP contribution in [0.1, 0.15) is 52.4 Å². The molecular formula is C30H32F2KN3O4. The van der Waals surface area contributed by atoms with Gasteiger partial charge in [-0.3, -0.25) is 4.79 Å². The number of hydrogen-bond acceptors (Lipinski definition) is 5. The van der Waals surface area contributed by atoms with Crippen LogP contribution in [0.15, 0.2) is 46.9 Å². The van der Waals surface area contributed by atoms with E-state index in [4.69, 9.17) is 13.9 Å². The molecule has 1 heterocycles. The van der Waals surface area contributed by atoms with E-state index in [2.05, 4.69) is 30.6 Å². The minimum Gasteiger partial charge on any atom is -0.641 e. The van der Waals surface area contributed by atoms with Crippen LogP contribution in [0.2, 0.25) is 0 Å². The number of carbonyl (C=O) groups is 1. The smallest absolute Gasteiger partial charge is 0.641 e. The van der Waals surface area contributed by atoms with E-state index in [-0.39, 0.29) is 70.1 Å². The van der Waals surface area contributed by atoms with Gasteiger partial charge in [0.2, 0.25) is 11.8 Å². The molecule has 0 bridgehead atoms. The van der Waals surface area contributed by atoms with Gasteiger partial charge in [-0.2, -0.15) is 5.26 Å². The van der Waals surface area contributed by atoms with Crippen LogP contribution < -0.4 is 66.2 Å². The molecule has 0 spiro atoms. The fourth-order valence-electron chi connectivity index (χ4n) is 4.83. The van der Waals surface area contributed by atoms with E-state index in [1.54, 1.807) is 13.2 Å². The van der Waals surface area contributed by atoms with Crippen molar-refractivity contribution in [3.05, 3.63) is 47.8 Å². The number of hydrogen-bond donors (Lipinski definition) is 1. The van der Waals surface area contributed by atoms with Gasteiger partial charge in [-0.05, 0) is 72.5 Å². The summed E-state index contributed by atoms with van der Waals surface area (Å²) in [7, 11) is 1.60. The topological polar surface area (TPSA) is 98.6 Å². The Balaban J connectivity index is 0.00000370. The van der Waals surface area contributed by atoms with E-state index >= 15 is 0 Å². The number of carbonyl (C=O) groups excluding carboxylic acids is 1. The van der Waals surface area contributed by atoms with Gasteiger partial charge in [0.15, 0.2) is 11.5 Å². The van der Waals surface area contributed by atoms with Crippen molar-refractivity contribution in [2.24, 2.45) is 5.92 Å². The van der Waals surface area contributed by atoms with Crippen LogP contribution in [-0.2, 0) is 4.79 Å². The Morgan fingerprint density at radius 1 is 1.05 bits per heavy atom. The number of rotatable bonds is 9. The molecule has 2 fully saturated rings. The van der Waals surface area contributed by atoms with Crippen LogP contribution in [0.3, 0.4) is 0 Å². The molecule has 7 nitrogen and oxygen atoms in total. The molecule has 5 rings (SSSR count). The van der Waals surface area contributed by atoms with Gasteiger partial charge in [-0.1, -0.05) is 32.0 Å². The van der Waals surface area contributed by atoms with Gasteiger partial charge in [0.1, 0.15) is 11.1 Å². The summed E-state index contributed by atoms with van der Waals surface area (Å²) in [6.45, 7) is 4.73. The monoisotopic (exact) mass is 575 g/mol. The van der Waals surface area contributed by atoms with Crippen molar-refractivity contribution in [3.8, 4) is 28.7 Å². The Labute approximate surface area is 275 Å². The number of alkyl halides is 2. The molecule has 10 heteroatoms. The predicted molar refractivity (Wildman–Crippen MR) is 143 cm³/mol. The van der Waals surface area contributed by atoms with Crippen molar-refractivity contribution in [1.82, 2.24) is 5.32 Å². The Kier molecular flexibility index (Phi) is 9.22. The van der Waals surface area contributed by atoms with E-state index < -0.39 is 35.7 Å². The van der Waals surface area contributed by atoms with Gasteiger partial charge in [0.05, 0.1) is 19.8 Å². The zero-order chi connectivity index (χ0) is 27.8. The van der Waals surface area contributed by atoms with Gasteiger partial charge >= 0.3 is 51.4 Å². The first-order valence-corrected chi connectivity index (χ1v) is 13.3. The minimum absolute atomic E-state index is 0. The van der Waals surface area contributed by atoms with Gasteiger partial charge in [-0.15, -0.1) is 0 Å². The number of amides is 1. The molecule has 0 saturated heterocycles. The van der Waals surface area contributed by atoms with Crippen molar-refractivity contribution in [2.45, 2.75) is 69.4 Å². The molecule has 2 aliphatic rings. The van der Waals surface area contributed by atoms with E-state index in [9.17, 15) is 18.8 Å². The van der Waals surface area contributed by atoms with Crippen LogP contribution in [0.4, 0.5) is 14.7 Å². The third-order valence-corrected chi connectivity index (χ3v) is 7.45. The molecule has 0 unspecified atom stereocenters. The fraction of sp³-hybridized carbons (Fsp3) is 0.467. The van der Waals surface area contributed by atoms with Crippen molar-refractivity contribution in [1.29, 1.82) is 5.26 Å². The number of benzene rings is 2. The van der Waals surface area contributed by atoms with Crippen LogP contribution >= 0.6 is 0 Å². The molecule has 2 saturated carbocycles. The minimum atomic E-state index is -2.84. The SMILES string of the molecule is COc1cc(-c2ccc3cc([N-]C4(C(=O)NC5(C#N)CC5)CCC(F)(F)CC4)oc3c2)ccc1OCC(C)C.[K+]. The maximum atomic E-state index is 14.0. The van der Waals surface area contributed by atoms with E-state index in [1.807, 2.05) is 36.4 Å². The summed E-state index contributed by atoms with van der Waals surface area (Å²) in [5.41, 5.74) is 0.00410. The summed E-state index contributed by atoms with van der Waals surface area (Å²) in [6, 6.07) is 15.2. The summed E-state index contributed by atoms with van der Waals surface area (Å²) < 4.78 is 45.5. The second kappa shape index (κ2) is 12.0. The summed E-state index contributed by atoms with van der Waals surface area (Å²) >= 11 is 0. The molecule has 2 aromatic carbocycles. The Bertz CT molecular complexity index is 1420. The maximum absolute atomic E-state index is 14.0. The zero-order valence-corrected chi connectivity index (χ0v) is 26.5. The summed E-state index contributed by atoms with van der Waals surface area (Å²) in [5, 5.41) is 17.6. The normalized spacial score (nSPS) is 18.3. The average Bonchev–Trinajstić information content (AvgIpc) is 3.57. The molecule has 0 aliphatic heterocycles. The molecule has 40 heavy (non-hydrogen) atoms. The molecule has 1 N–H and O–H groups in total. The number of halogens is 2. The first-order chi connectivity index (χ1) is 18.6. The molecule has 1 amide bonds.